The van der Waals surface area contributed by atoms with E-state index in [1.165, 1.54) is 23.3 Å². The molecule has 3 N–H and O–H groups in total. The summed E-state index contributed by atoms with van der Waals surface area (Å²) in [5.41, 5.74) is 7.12. The van der Waals surface area contributed by atoms with Crippen LogP contribution in [0.2, 0.25) is 0 Å². The van der Waals surface area contributed by atoms with Crippen molar-refractivity contribution in [3.63, 3.8) is 0 Å². The molecule has 0 fully saturated rings. The largest absolute Gasteiger partial charge is 0.365 e. The third-order valence-corrected chi connectivity index (χ3v) is 4.61. The van der Waals surface area contributed by atoms with E-state index in [-0.39, 0.29) is 6.04 Å². The van der Waals surface area contributed by atoms with E-state index in [4.69, 9.17) is 5.73 Å². The van der Waals surface area contributed by atoms with Gasteiger partial charge in [-0.15, -0.1) is 11.3 Å². The van der Waals surface area contributed by atoms with Crippen molar-refractivity contribution in [2.24, 2.45) is 5.73 Å². The average Bonchev–Trinajstić information content (AvgIpc) is 2.71. The molecule has 104 valence electrons. The number of aromatic nitrogens is 2. The molecule has 0 saturated heterocycles. The van der Waals surface area contributed by atoms with Gasteiger partial charge in [-0.05, 0) is 25.8 Å². The summed E-state index contributed by atoms with van der Waals surface area (Å²) in [5, 5.41) is 4.64. The second-order valence-electron chi connectivity index (χ2n) is 4.90. The summed E-state index contributed by atoms with van der Waals surface area (Å²) >= 11 is 1.72. The maximum Gasteiger partial charge on any atom is 0.138 e. The van der Waals surface area contributed by atoms with Crippen molar-refractivity contribution < 1.29 is 0 Å². The number of fused-ring (bicyclic) bond motifs is 1. The van der Waals surface area contributed by atoms with Gasteiger partial charge in [0.1, 0.15) is 17.0 Å². The average molecular weight is 278 g/mol. The molecule has 1 unspecified atom stereocenters. The van der Waals surface area contributed by atoms with Crippen molar-refractivity contribution in [1.82, 2.24) is 9.97 Å². The smallest absolute Gasteiger partial charge is 0.138 e. The lowest BCUT2D eigenvalue weighted by Gasteiger charge is -2.17. The maximum absolute atomic E-state index is 5.85. The minimum atomic E-state index is 0.289. The van der Waals surface area contributed by atoms with E-state index in [0.29, 0.717) is 6.54 Å². The topological polar surface area (TPSA) is 63.8 Å². The Hall–Kier alpha value is -1.20. The monoisotopic (exact) mass is 278 g/mol. The summed E-state index contributed by atoms with van der Waals surface area (Å²) < 4.78 is 0. The molecular formula is C14H22N4S. The van der Waals surface area contributed by atoms with Gasteiger partial charge in [-0.3, -0.25) is 0 Å². The minimum Gasteiger partial charge on any atom is -0.365 e. The number of aryl methyl sites for hydroxylation is 2. The van der Waals surface area contributed by atoms with E-state index in [0.717, 1.165) is 22.5 Å². The molecule has 0 aliphatic heterocycles. The van der Waals surface area contributed by atoms with Crippen LogP contribution in [-0.4, -0.2) is 22.6 Å². The second kappa shape index (κ2) is 6.30. The Morgan fingerprint density at radius 3 is 2.84 bits per heavy atom. The summed E-state index contributed by atoms with van der Waals surface area (Å²) in [5.74, 6) is 0.929. The molecule has 4 nitrogen and oxygen atoms in total. The standard InChI is InChI=1S/C14H22N4S/c1-4-5-6-11(7-15)18-13-12-9(2)10(3)19-14(12)17-8-16-13/h8,11H,4-7,15H2,1-3H3,(H,16,17,18). The van der Waals surface area contributed by atoms with Gasteiger partial charge in [-0.1, -0.05) is 19.8 Å². The molecule has 0 amide bonds. The molecule has 19 heavy (non-hydrogen) atoms. The SMILES string of the molecule is CCCCC(CN)Nc1ncnc2sc(C)c(C)c12. The highest BCUT2D eigenvalue weighted by Gasteiger charge is 2.14. The van der Waals surface area contributed by atoms with Crippen LogP contribution in [0.5, 0.6) is 0 Å². The number of unbranched alkanes of at least 4 members (excludes halogenated alkanes) is 1. The van der Waals surface area contributed by atoms with Crippen molar-refractivity contribution >= 4 is 27.4 Å². The Morgan fingerprint density at radius 2 is 2.16 bits per heavy atom. The first-order valence-corrected chi connectivity index (χ1v) is 7.66. The Morgan fingerprint density at radius 1 is 1.37 bits per heavy atom. The van der Waals surface area contributed by atoms with E-state index in [1.807, 2.05) is 0 Å². The number of nitrogens with one attached hydrogen (secondary N) is 1. The molecule has 0 aromatic carbocycles. The Kier molecular flexibility index (Phi) is 4.71. The van der Waals surface area contributed by atoms with Gasteiger partial charge in [0.2, 0.25) is 0 Å². The molecule has 0 saturated carbocycles. The number of thiophene rings is 1. The lowest BCUT2D eigenvalue weighted by Crippen LogP contribution is -2.29. The highest BCUT2D eigenvalue weighted by Crippen LogP contribution is 2.32. The molecule has 2 rings (SSSR count). The molecule has 0 aliphatic rings. The van der Waals surface area contributed by atoms with E-state index in [2.05, 4.69) is 36.1 Å². The lowest BCUT2D eigenvalue weighted by atomic mass is 10.1. The molecular weight excluding hydrogens is 256 g/mol. The van der Waals surface area contributed by atoms with Crippen LogP contribution in [-0.2, 0) is 0 Å². The van der Waals surface area contributed by atoms with Gasteiger partial charge in [-0.2, -0.15) is 0 Å². The normalized spacial score (nSPS) is 12.8. The fraction of sp³-hybridized carbons (Fsp3) is 0.571. The third-order valence-electron chi connectivity index (χ3n) is 3.50. The lowest BCUT2D eigenvalue weighted by molar-refractivity contribution is 0.613. The molecule has 1 atom stereocenters. The van der Waals surface area contributed by atoms with Crippen molar-refractivity contribution in [2.45, 2.75) is 46.1 Å². The molecule has 2 aromatic heterocycles. The molecule has 0 radical (unpaired) electrons. The van der Waals surface area contributed by atoms with Gasteiger partial charge in [0.15, 0.2) is 0 Å². The zero-order valence-corrected chi connectivity index (χ0v) is 12.7. The van der Waals surface area contributed by atoms with Crippen LogP contribution < -0.4 is 11.1 Å². The molecule has 0 spiro atoms. The number of nitrogens with two attached hydrogens (primary N) is 1. The Balaban J connectivity index is 2.29. The molecule has 0 bridgehead atoms. The highest BCUT2D eigenvalue weighted by molar-refractivity contribution is 7.18. The van der Waals surface area contributed by atoms with E-state index >= 15 is 0 Å². The van der Waals surface area contributed by atoms with Gasteiger partial charge >= 0.3 is 0 Å². The summed E-state index contributed by atoms with van der Waals surface area (Å²) in [6.07, 6.45) is 5.09. The van der Waals surface area contributed by atoms with Crippen LogP contribution in [0.15, 0.2) is 6.33 Å². The Bertz CT molecular complexity index is 550. The van der Waals surface area contributed by atoms with Crippen LogP contribution in [0.3, 0.4) is 0 Å². The van der Waals surface area contributed by atoms with Crippen LogP contribution >= 0.6 is 11.3 Å². The van der Waals surface area contributed by atoms with Crippen LogP contribution in [0.4, 0.5) is 5.82 Å². The van der Waals surface area contributed by atoms with E-state index in [1.54, 1.807) is 17.7 Å². The highest BCUT2D eigenvalue weighted by atomic mass is 32.1. The van der Waals surface area contributed by atoms with Crippen molar-refractivity contribution in [3.05, 3.63) is 16.8 Å². The van der Waals surface area contributed by atoms with Crippen LogP contribution in [0.1, 0.15) is 36.6 Å². The van der Waals surface area contributed by atoms with Gasteiger partial charge in [0.25, 0.3) is 0 Å². The zero-order chi connectivity index (χ0) is 13.8. The molecule has 2 heterocycles. The van der Waals surface area contributed by atoms with E-state index < -0.39 is 0 Å². The second-order valence-corrected chi connectivity index (χ2v) is 6.11. The minimum absolute atomic E-state index is 0.289. The van der Waals surface area contributed by atoms with Gasteiger partial charge < -0.3 is 11.1 Å². The van der Waals surface area contributed by atoms with Crippen molar-refractivity contribution in [1.29, 1.82) is 0 Å². The van der Waals surface area contributed by atoms with E-state index in [9.17, 15) is 0 Å². The third kappa shape index (κ3) is 3.04. The predicted octanol–water partition coefficient (Wildman–Crippen LogP) is 3.24. The first-order chi connectivity index (χ1) is 9.17. The summed E-state index contributed by atoms with van der Waals surface area (Å²) in [4.78, 5) is 11.1. The van der Waals surface area contributed by atoms with Gasteiger partial charge in [-0.25, -0.2) is 9.97 Å². The van der Waals surface area contributed by atoms with Crippen LogP contribution in [0, 0.1) is 13.8 Å². The first-order valence-electron chi connectivity index (χ1n) is 6.84. The summed E-state index contributed by atoms with van der Waals surface area (Å²) in [6.45, 7) is 7.09. The number of hydrogen-bond acceptors (Lipinski definition) is 5. The van der Waals surface area contributed by atoms with Gasteiger partial charge in [0.05, 0.1) is 5.39 Å². The first kappa shape index (κ1) is 14.2. The molecule has 2 aromatic rings. The fourth-order valence-electron chi connectivity index (χ4n) is 2.18. The van der Waals surface area contributed by atoms with Crippen LogP contribution in [0.25, 0.3) is 10.2 Å². The maximum atomic E-state index is 5.85. The van der Waals surface area contributed by atoms with Crippen molar-refractivity contribution in [2.75, 3.05) is 11.9 Å². The predicted molar refractivity (Wildman–Crippen MR) is 82.9 cm³/mol. The summed E-state index contributed by atoms with van der Waals surface area (Å²) in [7, 11) is 0. The molecule has 0 aliphatic carbocycles. The molecule has 5 heteroatoms. The number of nitrogens with zero attached hydrogens (tertiary/aromatic N) is 2. The number of rotatable bonds is 6. The van der Waals surface area contributed by atoms with Crippen molar-refractivity contribution in [3.8, 4) is 0 Å². The quantitative estimate of drug-likeness (QED) is 0.851. The zero-order valence-electron chi connectivity index (χ0n) is 11.9. The number of hydrogen-bond donors (Lipinski definition) is 2. The number of anilines is 1. The summed E-state index contributed by atoms with van der Waals surface area (Å²) in [6, 6.07) is 0.289. The van der Waals surface area contributed by atoms with Gasteiger partial charge in [0, 0.05) is 17.5 Å². The fourth-order valence-corrected chi connectivity index (χ4v) is 3.18. The Labute approximate surface area is 118 Å².